The average Bonchev–Trinajstić information content (AvgIpc) is 2.68. The first kappa shape index (κ1) is 13.6. The number of ether oxygens (including phenoxy) is 1. The molecular formula is C16H25NO. The molecule has 0 aliphatic heterocycles. The van der Waals surface area contributed by atoms with Crippen LogP contribution in [0.15, 0.2) is 24.3 Å². The molecule has 2 rings (SSSR count). The molecule has 0 aromatic heterocycles. The molecule has 1 aliphatic carbocycles. The van der Waals surface area contributed by atoms with E-state index in [-0.39, 0.29) is 0 Å². The fourth-order valence-electron chi connectivity index (χ4n) is 2.92. The number of rotatable bonds is 5. The zero-order valence-electron chi connectivity index (χ0n) is 12.2. The van der Waals surface area contributed by atoms with Crippen LogP contribution < -0.4 is 5.32 Å². The largest absolute Gasteiger partial charge is 0.380 e. The van der Waals surface area contributed by atoms with E-state index in [4.69, 9.17) is 4.74 Å². The lowest BCUT2D eigenvalue weighted by molar-refractivity contribution is 0.185. The van der Waals surface area contributed by atoms with Crippen molar-refractivity contribution in [3.63, 3.8) is 0 Å². The molecule has 2 nitrogen and oxygen atoms in total. The van der Waals surface area contributed by atoms with Crippen LogP contribution in [0.4, 0.5) is 0 Å². The fourth-order valence-corrected chi connectivity index (χ4v) is 2.92. The Balaban J connectivity index is 1.94. The van der Waals surface area contributed by atoms with Crippen LogP contribution in [0, 0.1) is 10.8 Å². The first-order chi connectivity index (χ1) is 8.39. The minimum Gasteiger partial charge on any atom is -0.380 e. The second kappa shape index (κ2) is 4.67. The Bertz CT molecular complexity index is 409. The lowest BCUT2D eigenvalue weighted by Crippen LogP contribution is -2.21. The van der Waals surface area contributed by atoms with Gasteiger partial charge in [0.05, 0.1) is 6.61 Å². The van der Waals surface area contributed by atoms with Gasteiger partial charge in [-0.1, -0.05) is 52.0 Å². The van der Waals surface area contributed by atoms with Crippen LogP contribution in [0.3, 0.4) is 0 Å². The van der Waals surface area contributed by atoms with Gasteiger partial charge in [-0.3, -0.25) is 0 Å². The van der Waals surface area contributed by atoms with Crippen molar-refractivity contribution < 1.29 is 4.74 Å². The second-order valence-corrected chi connectivity index (χ2v) is 6.51. The summed E-state index contributed by atoms with van der Waals surface area (Å²) in [5.41, 5.74) is 3.38. The van der Waals surface area contributed by atoms with Crippen LogP contribution in [0.25, 0.3) is 0 Å². The zero-order chi connectivity index (χ0) is 13.4. The van der Waals surface area contributed by atoms with Crippen molar-refractivity contribution in [2.45, 2.75) is 46.9 Å². The van der Waals surface area contributed by atoms with E-state index >= 15 is 0 Å². The summed E-state index contributed by atoms with van der Waals surface area (Å²) < 4.78 is 5.17. The molecular weight excluding hydrogens is 222 g/mol. The molecule has 0 atom stereocenters. The van der Waals surface area contributed by atoms with Crippen LogP contribution in [0.2, 0.25) is 0 Å². The molecule has 0 heterocycles. The van der Waals surface area contributed by atoms with Gasteiger partial charge in [0.1, 0.15) is 0 Å². The van der Waals surface area contributed by atoms with Crippen molar-refractivity contribution in [2.75, 3.05) is 7.11 Å². The molecule has 0 radical (unpaired) electrons. The predicted octanol–water partition coefficient (Wildman–Crippen LogP) is 3.36. The highest BCUT2D eigenvalue weighted by atomic mass is 16.5. The normalized spacial score (nSPS) is 20.9. The summed E-state index contributed by atoms with van der Waals surface area (Å²) >= 11 is 0. The van der Waals surface area contributed by atoms with Crippen molar-refractivity contribution in [3.8, 4) is 0 Å². The lowest BCUT2D eigenvalue weighted by Gasteiger charge is -2.08. The summed E-state index contributed by atoms with van der Waals surface area (Å²) in [5, 5.41) is 3.68. The molecule has 1 saturated carbocycles. The molecule has 0 saturated heterocycles. The Labute approximate surface area is 111 Å². The number of hydrogen-bond acceptors (Lipinski definition) is 2. The number of hydrogen-bond donors (Lipinski definition) is 1. The zero-order valence-corrected chi connectivity index (χ0v) is 12.2. The molecule has 0 unspecified atom stereocenters. The van der Waals surface area contributed by atoms with E-state index in [2.05, 4.69) is 57.3 Å². The molecule has 0 bridgehead atoms. The maximum atomic E-state index is 5.17. The molecule has 2 heteroatoms. The van der Waals surface area contributed by atoms with Gasteiger partial charge in [-0.15, -0.1) is 0 Å². The van der Waals surface area contributed by atoms with Gasteiger partial charge in [0.2, 0.25) is 0 Å². The summed E-state index contributed by atoms with van der Waals surface area (Å²) in [4.78, 5) is 0. The first-order valence-corrected chi connectivity index (χ1v) is 6.69. The topological polar surface area (TPSA) is 21.3 Å². The monoisotopic (exact) mass is 247 g/mol. The van der Waals surface area contributed by atoms with Gasteiger partial charge < -0.3 is 10.1 Å². The maximum absolute atomic E-state index is 5.17. The Morgan fingerprint density at radius 2 is 1.72 bits per heavy atom. The highest BCUT2D eigenvalue weighted by Gasteiger charge is 2.64. The third-order valence-electron chi connectivity index (χ3n) is 4.83. The Morgan fingerprint density at radius 3 is 2.28 bits per heavy atom. The SMILES string of the molecule is COCc1cccc(CNC2C(C)(C)C2(C)C)c1. The molecule has 1 fully saturated rings. The van der Waals surface area contributed by atoms with E-state index in [0.717, 1.165) is 6.54 Å². The summed E-state index contributed by atoms with van der Waals surface area (Å²) in [6.45, 7) is 11.0. The fraction of sp³-hybridized carbons (Fsp3) is 0.625. The molecule has 1 N–H and O–H groups in total. The van der Waals surface area contributed by atoms with Crippen LogP contribution in [-0.4, -0.2) is 13.2 Å². The quantitative estimate of drug-likeness (QED) is 0.861. The lowest BCUT2D eigenvalue weighted by atomic mass is 10.0. The van der Waals surface area contributed by atoms with E-state index < -0.39 is 0 Å². The van der Waals surface area contributed by atoms with Crippen molar-refractivity contribution in [1.29, 1.82) is 0 Å². The van der Waals surface area contributed by atoms with Crippen LogP contribution in [0.5, 0.6) is 0 Å². The first-order valence-electron chi connectivity index (χ1n) is 6.69. The van der Waals surface area contributed by atoms with E-state index in [9.17, 15) is 0 Å². The Kier molecular flexibility index (Phi) is 3.52. The maximum Gasteiger partial charge on any atom is 0.0713 e. The van der Waals surface area contributed by atoms with Gasteiger partial charge in [-0.25, -0.2) is 0 Å². The Morgan fingerprint density at radius 1 is 1.11 bits per heavy atom. The highest BCUT2D eigenvalue weighted by molar-refractivity contribution is 5.24. The van der Waals surface area contributed by atoms with Crippen LogP contribution >= 0.6 is 0 Å². The second-order valence-electron chi connectivity index (χ2n) is 6.51. The van der Waals surface area contributed by atoms with E-state index in [1.807, 2.05) is 0 Å². The summed E-state index contributed by atoms with van der Waals surface area (Å²) in [6, 6.07) is 9.22. The standard InChI is InChI=1S/C16H25NO/c1-15(2)14(16(15,3)4)17-10-12-7-6-8-13(9-12)11-18-5/h6-9,14,17H,10-11H2,1-5H3. The summed E-state index contributed by atoms with van der Waals surface area (Å²) in [6.07, 6.45) is 0. The Hall–Kier alpha value is -0.860. The molecule has 1 aromatic carbocycles. The van der Waals surface area contributed by atoms with Gasteiger partial charge in [0.25, 0.3) is 0 Å². The number of benzene rings is 1. The van der Waals surface area contributed by atoms with Gasteiger partial charge in [0.15, 0.2) is 0 Å². The van der Waals surface area contributed by atoms with Crippen molar-refractivity contribution in [2.24, 2.45) is 10.8 Å². The van der Waals surface area contributed by atoms with Crippen molar-refractivity contribution in [1.82, 2.24) is 5.32 Å². The molecule has 100 valence electrons. The number of nitrogens with one attached hydrogen (secondary N) is 1. The van der Waals surface area contributed by atoms with Crippen molar-refractivity contribution in [3.05, 3.63) is 35.4 Å². The van der Waals surface area contributed by atoms with E-state index in [0.29, 0.717) is 23.5 Å². The predicted molar refractivity (Wildman–Crippen MR) is 75.3 cm³/mol. The summed E-state index contributed by atoms with van der Waals surface area (Å²) in [5.74, 6) is 0. The van der Waals surface area contributed by atoms with Crippen LogP contribution in [0.1, 0.15) is 38.8 Å². The minimum absolute atomic E-state index is 0.400. The van der Waals surface area contributed by atoms with Gasteiger partial charge in [-0.05, 0) is 22.0 Å². The third-order valence-corrected chi connectivity index (χ3v) is 4.83. The molecule has 1 aromatic rings. The average molecular weight is 247 g/mol. The third kappa shape index (κ3) is 2.32. The molecule has 18 heavy (non-hydrogen) atoms. The van der Waals surface area contributed by atoms with E-state index in [1.165, 1.54) is 11.1 Å². The van der Waals surface area contributed by atoms with E-state index in [1.54, 1.807) is 7.11 Å². The smallest absolute Gasteiger partial charge is 0.0713 e. The van der Waals surface area contributed by atoms with Crippen molar-refractivity contribution >= 4 is 0 Å². The minimum atomic E-state index is 0.400. The highest BCUT2D eigenvalue weighted by Crippen LogP contribution is 2.62. The molecule has 0 spiro atoms. The van der Waals surface area contributed by atoms with Crippen LogP contribution in [-0.2, 0) is 17.9 Å². The summed E-state index contributed by atoms with van der Waals surface area (Å²) in [7, 11) is 1.74. The number of methoxy groups -OCH3 is 1. The van der Waals surface area contributed by atoms with Gasteiger partial charge >= 0.3 is 0 Å². The van der Waals surface area contributed by atoms with Gasteiger partial charge in [0, 0.05) is 19.7 Å². The van der Waals surface area contributed by atoms with Gasteiger partial charge in [-0.2, -0.15) is 0 Å². The molecule has 1 aliphatic rings. The molecule has 0 amide bonds.